The van der Waals surface area contributed by atoms with Crippen LogP contribution >= 0.6 is 11.6 Å². The minimum Gasteiger partial charge on any atom is -0.507 e. The number of imidazole rings is 1. The molecular formula is C18H14ClN5O2. The van der Waals surface area contributed by atoms with Gasteiger partial charge in [-0.25, -0.2) is 4.98 Å². The van der Waals surface area contributed by atoms with Crippen LogP contribution in [0.15, 0.2) is 61.2 Å². The second kappa shape index (κ2) is 6.53. The molecule has 0 atom stereocenters. The molecule has 0 spiro atoms. The molecule has 0 radical (unpaired) electrons. The summed E-state index contributed by atoms with van der Waals surface area (Å²) in [5.41, 5.74) is 2.33. The number of nitrogens with zero attached hydrogens (tertiary/aromatic N) is 4. The van der Waals surface area contributed by atoms with Gasteiger partial charge in [0.15, 0.2) is 0 Å². The van der Waals surface area contributed by atoms with Crippen LogP contribution in [0.2, 0.25) is 5.02 Å². The van der Waals surface area contributed by atoms with Crippen molar-refractivity contribution in [1.82, 2.24) is 19.2 Å². The Morgan fingerprint density at radius 3 is 2.96 bits per heavy atom. The number of hydrogen-bond donors (Lipinski definition) is 2. The smallest absolute Gasteiger partial charge is 0.259 e. The van der Waals surface area contributed by atoms with E-state index in [9.17, 15) is 9.90 Å². The first-order valence-corrected chi connectivity index (χ1v) is 8.21. The standard InChI is InChI=1S/C18H14ClN5O2/c19-12-4-5-16(25)15(7-12)18(26)22-13-8-20-24(10-13)11-14-9-23-6-2-1-3-17(23)21-14/h1-10,25H,11H2,(H,22,26). The molecule has 0 saturated carbocycles. The van der Waals surface area contributed by atoms with Crippen molar-refractivity contribution in [2.75, 3.05) is 5.32 Å². The molecule has 2 N–H and O–H groups in total. The quantitative estimate of drug-likeness (QED) is 0.580. The van der Waals surface area contributed by atoms with Crippen LogP contribution in [-0.2, 0) is 6.54 Å². The van der Waals surface area contributed by atoms with Gasteiger partial charge in [0.25, 0.3) is 5.91 Å². The molecule has 0 saturated heterocycles. The lowest BCUT2D eigenvalue weighted by atomic mass is 10.2. The Kier molecular flexibility index (Phi) is 4.06. The van der Waals surface area contributed by atoms with Gasteiger partial charge in [0, 0.05) is 23.6 Å². The Morgan fingerprint density at radius 2 is 2.12 bits per heavy atom. The molecule has 0 aliphatic rings. The van der Waals surface area contributed by atoms with Crippen LogP contribution in [0.5, 0.6) is 5.75 Å². The minimum absolute atomic E-state index is 0.102. The SMILES string of the molecule is O=C(Nc1cnn(Cc2cn3ccccc3n2)c1)c1cc(Cl)ccc1O. The molecule has 0 bridgehead atoms. The molecule has 130 valence electrons. The van der Waals surface area contributed by atoms with E-state index in [0.717, 1.165) is 11.3 Å². The molecule has 26 heavy (non-hydrogen) atoms. The predicted molar refractivity (Wildman–Crippen MR) is 97.6 cm³/mol. The van der Waals surface area contributed by atoms with Crippen molar-refractivity contribution in [3.8, 4) is 5.75 Å². The molecule has 3 heterocycles. The first-order valence-electron chi connectivity index (χ1n) is 7.83. The molecule has 0 aliphatic heterocycles. The van der Waals surface area contributed by atoms with Gasteiger partial charge in [0.2, 0.25) is 0 Å². The summed E-state index contributed by atoms with van der Waals surface area (Å²) in [5.74, 6) is -0.596. The van der Waals surface area contributed by atoms with Crippen LogP contribution in [0.1, 0.15) is 16.1 Å². The zero-order valence-corrected chi connectivity index (χ0v) is 14.3. The summed E-state index contributed by atoms with van der Waals surface area (Å²) in [6.45, 7) is 0.472. The third-order valence-corrected chi connectivity index (χ3v) is 4.07. The van der Waals surface area contributed by atoms with Crippen molar-refractivity contribution in [2.24, 2.45) is 0 Å². The number of fused-ring (bicyclic) bond motifs is 1. The average molecular weight is 368 g/mol. The van der Waals surface area contributed by atoms with E-state index in [-0.39, 0.29) is 11.3 Å². The number of anilines is 1. The number of halogens is 1. The number of pyridine rings is 1. The molecule has 4 aromatic rings. The summed E-state index contributed by atoms with van der Waals surface area (Å²) in [6.07, 6.45) is 7.09. The van der Waals surface area contributed by atoms with Gasteiger partial charge in [-0.05, 0) is 30.3 Å². The van der Waals surface area contributed by atoms with E-state index in [2.05, 4.69) is 15.4 Å². The van der Waals surface area contributed by atoms with Crippen molar-refractivity contribution in [3.05, 3.63) is 77.5 Å². The molecule has 0 aliphatic carbocycles. The summed E-state index contributed by atoms with van der Waals surface area (Å²) in [6, 6.07) is 10.1. The lowest BCUT2D eigenvalue weighted by molar-refractivity contribution is 0.102. The van der Waals surface area contributed by atoms with Gasteiger partial charge in [-0.1, -0.05) is 17.7 Å². The largest absolute Gasteiger partial charge is 0.507 e. The number of aromatic hydroxyl groups is 1. The Bertz CT molecular complexity index is 1070. The van der Waals surface area contributed by atoms with Crippen molar-refractivity contribution in [3.63, 3.8) is 0 Å². The Labute approximate surface area is 153 Å². The summed E-state index contributed by atoms with van der Waals surface area (Å²) in [7, 11) is 0. The topological polar surface area (TPSA) is 84.5 Å². The monoisotopic (exact) mass is 367 g/mol. The number of aromatic nitrogens is 4. The second-order valence-electron chi connectivity index (χ2n) is 5.74. The van der Waals surface area contributed by atoms with E-state index in [4.69, 9.17) is 11.6 Å². The number of phenolic OH excluding ortho intramolecular Hbond substituents is 1. The molecule has 4 rings (SSSR count). The van der Waals surface area contributed by atoms with Crippen molar-refractivity contribution < 1.29 is 9.90 Å². The Morgan fingerprint density at radius 1 is 1.23 bits per heavy atom. The van der Waals surface area contributed by atoms with E-state index in [1.165, 1.54) is 24.4 Å². The molecule has 7 nitrogen and oxygen atoms in total. The van der Waals surface area contributed by atoms with Crippen LogP contribution in [0, 0.1) is 0 Å². The fourth-order valence-electron chi connectivity index (χ4n) is 2.63. The lowest BCUT2D eigenvalue weighted by Gasteiger charge is -2.05. The molecule has 1 aromatic carbocycles. The van der Waals surface area contributed by atoms with Crippen molar-refractivity contribution in [2.45, 2.75) is 6.54 Å². The molecule has 0 unspecified atom stereocenters. The number of rotatable bonds is 4. The molecule has 3 aromatic heterocycles. The maximum absolute atomic E-state index is 12.3. The van der Waals surface area contributed by atoms with Crippen molar-refractivity contribution >= 4 is 28.8 Å². The summed E-state index contributed by atoms with van der Waals surface area (Å²) >= 11 is 5.88. The summed E-state index contributed by atoms with van der Waals surface area (Å²) in [4.78, 5) is 16.8. The minimum atomic E-state index is -0.461. The fourth-order valence-corrected chi connectivity index (χ4v) is 2.80. The van der Waals surface area contributed by atoms with E-state index >= 15 is 0 Å². The normalized spacial score (nSPS) is 11.0. The Balaban J connectivity index is 1.49. The Hall–Kier alpha value is -3.32. The zero-order chi connectivity index (χ0) is 18.1. The lowest BCUT2D eigenvalue weighted by Crippen LogP contribution is -2.11. The van der Waals surface area contributed by atoms with E-state index in [1.807, 2.05) is 35.0 Å². The third-order valence-electron chi connectivity index (χ3n) is 3.83. The van der Waals surface area contributed by atoms with E-state index in [1.54, 1.807) is 10.9 Å². The van der Waals surface area contributed by atoms with Gasteiger partial charge in [-0.2, -0.15) is 5.10 Å². The number of phenols is 1. The van der Waals surface area contributed by atoms with Crippen LogP contribution < -0.4 is 5.32 Å². The zero-order valence-electron chi connectivity index (χ0n) is 13.5. The highest BCUT2D eigenvalue weighted by atomic mass is 35.5. The molecule has 8 heteroatoms. The number of carbonyl (C=O) groups is 1. The van der Waals surface area contributed by atoms with Gasteiger partial charge in [-0.15, -0.1) is 0 Å². The van der Waals surface area contributed by atoms with Crippen LogP contribution in [0.25, 0.3) is 5.65 Å². The number of nitrogens with one attached hydrogen (secondary N) is 1. The van der Waals surface area contributed by atoms with Gasteiger partial charge >= 0.3 is 0 Å². The first-order chi connectivity index (χ1) is 12.6. The van der Waals surface area contributed by atoms with Crippen LogP contribution in [-0.4, -0.2) is 30.2 Å². The number of amides is 1. The van der Waals surface area contributed by atoms with Crippen molar-refractivity contribution in [1.29, 1.82) is 0 Å². The maximum Gasteiger partial charge on any atom is 0.259 e. The second-order valence-corrected chi connectivity index (χ2v) is 6.18. The number of benzene rings is 1. The van der Waals surface area contributed by atoms with Gasteiger partial charge in [0.05, 0.1) is 29.7 Å². The predicted octanol–water partition coefficient (Wildman–Crippen LogP) is 3.19. The maximum atomic E-state index is 12.3. The van der Waals surface area contributed by atoms with Crippen LogP contribution in [0.3, 0.4) is 0 Å². The first kappa shape index (κ1) is 16.2. The molecular weight excluding hydrogens is 354 g/mol. The summed E-state index contributed by atoms with van der Waals surface area (Å²) in [5, 5.41) is 17.1. The van der Waals surface area contributed by atoms with Gasteiger partial charge in [0.1, 0.15) is 11.4 Å². The molecule has 1 amide bonds. The van der Waals surface area contributed by atoms with Gasteiger partial charge < -0.3 is 14.8 Å². The number of hydrogen-bond acceptors (Lipinski definition) is 4. The van der Waals surface area contributed by atoms with Gasteiger partial charge in [-0.3, -0.25) is 9.48 Å². The van der Waals surface area contributed by atoms with E-state index < -0.39 is 5.91 Å². The highest BCUT2D eigenvalue weighted by Gasteiger charge is 2.13. The highest BCUT2D eigenvalue weighted by Crippen LogP contribution is 2.22. The highest BCUT2D eigenvalue weighted by molar-refractivity contribution is 6.31. The van der Waals surface area contributed by atoms with E-state index in [0.29, 0.717) is 17.3 Å². The average Bonchev–Trinajstić information content (AvgIpc) is 3.23. The van der Waals surface area contributed by atoms with Crippen LogP contribution in [0.4, 0.5) is 5.69 Å². The fraction of sp³-hybridized carbons (Fsp3) is 0.0556. The summed E-state index contributed by atoms with van der Waals surface area (Å²) < 4.78 is 3.61. The number of carbonyl (C=O) groups excluding carboxylic acids is 1. The molecule has 0 fully saturated rings. The third kappa shape index (κ3) is 3.25.